The van der Waals surface area contributed by atoms with Crippen LogP contribution < -0.4 is 14.3 Å². The molecule has 3 atom stereocenters. The summed E-state index contributed by atoms with van der Waals surface area (Å²) in [6.45, 7) is 17.3. The summed E-state index contributed by atoms with van der Waals surface area (Å²) >= 11 is 0. The Morgan fingerprint density at radius 1 is 0.907 bits per heavy atom. The van der Waals surface area contributed by atoms with Crippen LogP contribution in [0.15, 0.2) is 96.3 Å². The highest BCUT2D eigenvalue weighted by molar-refractivity contribution is 6.89. The molecule has 6 aromatic rings. The van der Waals surface area contributed by atoms with Crippen molar-refractivity contribution in [3.8, 4) is 22.5 Å². The maximum atomic E-state index is 6.78. The normalized spacial score (nSPS) is 23.3. The molecule has 0 radical (unpaired) electrons. The van der Waals surface area contributed by atoms with E-state index in [1.54, 1.807) is 5.19 Å². The van der Waals surface area contributed by atoms with Gasteiger partial charge in [0, 0.05) is 46.1 Å². The Labute approximate surface area is 322 Å². The minimum Gasteiger partial charge on any atom is -0.454 e. The molecule has 4 nitrogen and oxygen atoms in total. The lowest BCUT2D eigenvalue weighted by Crippen LogP contribution is -2.57. The van der Waals surface area contributed by atoms with Gasteiger partial charge in [-0.15, -0.1) is 0 Å². The number of aryl methyl sites for hydroxylation is 1. The van der Waals surface area contributed by atoms with Crippen LogP contribution in [0.2, 0.25) is 19.6 Å². The Balaban J connectivity index is 1.20. The highest BCUT2D eigenvalue weighted by Crippen LogP contribution is 2.48. The van der Waals surface area contributed by atoms with Crippen molar-refractivity contribution in [3.05, 3.63) is 114 Å². The minimum atomic E-state index is -1.69. The molecule has 54 heavy (non-hydrogen) atoms. The summed E-state index contributed by atoms with van der Waals surface area (Å²) in [7, 11) is -1.69. The summed E-state index contributed by atoms with van der Waals surface area (Å²) in [4.78, 5) is 5.18. The molecule has 274 valence electrons. The van der Waals surface area contributed by atoms with Crippen LogP contribution in [0.1, 0.15) is 86.6 Å². The Bertz CT molecular complexity index is 2460. The quantitative estimate of drug-likeness (QED) is 0.131. The van der Waals surface area contributed by atoms with Gasteiger partial charge in [-0.3, -0.25) is 4.98 Å². The lowest BCUT2D eigenvalue weighted by Gasteiger charge is -2.42. The van der Waals surface area contributed by atoms with Crippen LogP contribution in [0.3, 0.4) is 0 Å². The van der Waals surface area contributed by atoms with Crippen molar-refractivity contribution >= 4 is 41.0 Å². The smallest absolute Gasteiger partial charge is 0.249 e. The molecule has 0 spiro atoms. The molecule has 0 saturated heterocycles. The van der Waals surface area contributed by atoms with E-state index in [-0.39, 0.29) is 12.0 Å². The van der Waals surface area contributed by atoms with Crippen LogP contribution in [-0.2, 0) is 19.3 Å². The number of para-hydroxylation sites is 1. The van der Waals surface area contributed by atoms with Crippen LogP contribution in [0.4, 0.5) is 0 Å². The SMILES string of the molecule is C=C1C2C(CCc3c(cnc4c3oc3ccccc34)-c3cc(CC4CC5CCC4CC5)cc[n+]31)c1ccccc1-c1cc(CC(C)C)c([Si](C)(C)C)c[n+]12. The van der Waals surface area contributed by atoms with Crippen molar-refractivity contribution < 1.29 is 13.6 Å². The molecular weight excluding hydrogens is 675 g/mol. The fourth-order valence-electron chi connectivity index (χ4n) is 11.3. The number of nitrogens with zero attached hydrogens (tertiary/aromatic N) is 3. The maximum Gasteiger partial charge on any atom is 0.249 e. The average Bonchev–Trinajstić information content (AvgIpc) is 3.56. The molecule has 3 aliphatic carbocycles. The molecule has 4 aromatic heterocycles. The number of pyridine rings is 3. The van der Waals surface area contributed by atoms with Gasteiger partial charge in [-0.25, -0.2) is 0 Å². The predicted molar refractivity (Wildman–Crippen MR) is 223 cm³/mol. The van der Waals surface area contributed by atoms with Crippen LogP contribution in [0.5, 0.6) is 0 Å². The second kappa shape index (κ2) is 12.9. The number of benzene rings is 2. The third kappa shape index (κ3) is 5.55. The van der Waals surface area contributed by atoms with Gasteiger partial charge in [0.15, 0.2) is 18.0 Å². The van der Waals surface area contributed by atoms with E-state index in [4.69, 9.17) is 16.0 Å². The third-order valence-electron chi connectivity index (χ3n) is 13.8. The second-order valence-electron chi connectivity index (χ2n) is 18.7. The number of aromatic nitrogens is 3. The van der Waals surface area contributed by atoms with Gasteiger partial charge in [-0.2, -0.15) is 9.13 Å². The van der Waals surface area contributed by atoms with Gasteiger partial charge in [0.25, 0.3) is 0 Å². The second-order valence-corrected chi connectivity index (χ2v) is 23.8. The van der Waals surface area contributed by atoms with Gasteiger partial charge < -0.3 is 4.42 Å². The van der Waals surface area contributed by atoms with E-state index in [1.807, 2.05) is 0 Å². The first-order chi connectivity index (χ1) is 26.1. The van der Waals surface area contributed by atoms with Crippen molar-refractivity contribution in [2.75, 3.05) is 0 Å². The Morgan fingerprint density at radius 2 is 1.70 bits per heavy atom. The van der Waals surface area contributed by atoms with E-state index in [9.17, 15) is 0 Å². The molecule has 11 rings (SSSR count). The molecule has 2 aliphatic heterocycles. The molecule has 5 heteroatoms. The van der Waals surface area contributed by atoms with E-state index in [0.29, 0.717) is 5.92 Å². The minimum absolute atomic E-state index is 0.0650. The van der Waals surface area contributed by atoms with Crippen LogP contribution >= 0.6 is 0 Å². The van der Waals surface area contributed by atoms with Gasteiger partial charge in [0.1, 0.15) is 11.1 Å². The number of rotatable bonds is 5. The summed E-state index contributed by atoms with van der Waals surface area (Å²) in [6, 6.07) is 25.2. The molecule has 3 fully saturated rings. The van der Waals surface area contributed by atoms with E-state index < -0.39 is 8.07 Å². The molecule has 3 saturated carbocycles. The lowest BCUT2D eigenvalue weighted by molar-refractivity contribution is -0.726. The summed E-state index contributed by atoms with van der Waals surface area (Å²) in [6.07, 6.45) is 18.3. The average molecular weight is 730 g/mol. The van der Waals surface area contributed by atoms with Gasteiger partial charge >= 0.3 is 0 Å². The zero-order chi connectivity index (χ0) is 36.9. The topological polar surface area (TPSA) is 33.8 Å². The Kier molecular flexibility index (Phi) is 8.14. The van der Waals surface area contributed by atoms with Crippen molar-refractivity contribution in [1.82, 2.24) is 4.98 Å². The predicted octanol–water partition coefficient (Wildman–Crippen LogP) is 10.8. The Morgan fingerprint density at radius 3 is 2.48 bits per heavy atom. The zero-order valence-corrected chi connectivity index (χ0v) is 33.9. The monoisotopic (exact) mass is 729 g/mol. The van der Waals surface area contributed by atoms with Crippen molar-refractivity contribution in [2.45, 2.75) is 103 Å². The number of furan rings is 1. The summed E-state index contributed by atoms with van der Waals surface area (Å²) < 4.78 is 11.9. The third-order valence-corrected chi connectivity index (χ3v) is 15.9. The molecular formula is C49H55N3OSi+2. The van der Waals surface area contributed by atoms with Crippen molar-refractivity contribution in [2.24, 2.45) is 23.7 Å². The summed E-state index contributed by atoms with van der Waals surface area (Å²) in [5, 5.41) is 2.67. The highest BCUT2D eigenvalue weighted by Gasteiger charge is 2.48. The molecule has 3 unspecified atom stereocenters. The van der Waals surface area contributed by atoms with E-state index in [0.717, 1.165) is 71.2 Å². The number of allylic oxidation sites excluding steroid dienone is 1. The number of hydrogen-bond donors (Lipinski definition) is 0. The number of hydrogen-bond acceptors (Lipinski definition) is 2. The van der Waals surface area contributed by atoms with Crippen LogP contribution in [0, 0.1) is 23.7 Å². The molecule has 2 aromatic carbocycles. The van der Waals surface area contributed by atoms with Gasteiger partial charge in [-0.05, 0) is 110 Å². The van der Waals surface area contributed by atoms with Gasteiger partial charge in [0.2, 0.25) is 23.1 Å². The fourth-order valence-corrected chi connectivity index (χ4v) is 12.9. The van der Waals surface area contributed by atoms with E-state index in [2.05, 4.69) is 128 Å². The standard InChI is InChI=1S/C49H55N3OSi/c1-30(2)23-36-27-44-38-12-8-7-11-37(38)39-19-20-40-42(28-50-47-41-13-9-10-14-45(41)53-49(40)47)43-26-33(25-35-24-32-15-17-34(35)18-16-32)21-22-51(43)31(3)48(39)52(44)29-46(36)54(4,5)6/h7-14,21-22,26-30,32,34-35,39,48H,3,15-20,23-25H2,1-2,4-6H3/q+2. The molecule has 6 heterocycles. The van der Waals surface area contributed by atoms with E-state index in [1.165, 1.54) is 76.9 Å². The van der Waals surface area contributed by atoms with Crippen molar-refractivity contribution in [1.29, 1.82) is 0 Å². The molecule has 2 bridgehead atoms. The van der Waals surface area contributed by atoms with Gasteiger partial charge in [0.05, 0.1) is 19.6 Å². The van der Waals surface area contributed by atoms with E-state index >= 15 is 0 Å². The largest absolute Gasteiger partial charge is 0.454 e. The van der Waals surface area contributed by atoms with Gasteiger partial charge in [-0.1, -0.05) is 76.7 Å². The molecule has 0 N–H and O–H groups in total. The highest BCUT2D eigenvalue weighted by atomic mass is 28.3. The number of fused-ring (bicyclic) bond motifs is 16. The van der Waals surface area contributed by atoms with Crippen LogP contribution in [0.25, 0.3) is 50.3 Å². The summed E-state index contributed by atoms with van der Waals surface area (Å²) in [5.74, 6) is 3.44. The van der Waals surface area contributed by atoms with Crippen LogP contribution in [-0.4, -0.2) is 13.1 Å². The maximum absolute atomic E-state index is 6.78. The fraction of sp³-hybridized carbons (Fsp3) is 0.408. The zero-order valence-electron chi connectivity index (χ0n) is 32.9. The molecule has 5 aliphatic rings. The Hall–Kier alpha value is -4.35. The van der Waals surface area contributed by atoms with Crippen molar-refractivity contribution in [3.63, 3.8) is 0 Å². The summed E-state index contributed by atoms with van der Waals surface area (Å²) in [5.41, 5.74) is 14.7. The molecule has 0 amide bonds. The lowest BCUT2D eigenvalue weighted by atomic mass is 9.63. The first-order valence-corrected chi connectivity index (χ1v) is 24.3. The first-order valence-electron chi connectivity index (χ1n) is 20.8. The first kappa shape index (κ1) is 34.2.